The predicted octanol–water partition coefficient (Wildman–Crippen LogP) is 3.49. The summed E-state index contributed by atoms with van der Waals surface area (Å²) in [6.45, 7) is 0. The van der Waals surface area contributed by atoms with E-state index in [2.05, 4.69) is 17.1 Å². The van der Waals surface area contributed by atoms with Crippen LogP contribution in [0.3, 0.4) is 0 Å². The highest BCUT2D eigenvalue weighted by atomic mass is 16.5. The number of rotatable bonds is 2. The Morgan fingerprint density at radius 3 is 2.68 bits per heavy atom. The maximum absolute atomic E-state index is 5.92. The third-order valence-corrected chi connectivity index (χ3v) is 3.22. The zero-order chi connectivity index (χ0) is 13.2. The number of aromatic nitrogens is 1. The third kappa shape index (κ3) is 1.99. The molecule has 0 bridgehead atoms. The van der Waals surface area contributed by atoms with Crippen molar-refractivity contribution in [3.05, 3.63) is 54.7 Å². The van der Waals surface area contributed by atoms with Gasteiger partial charge in [0.1, 0.15) is 11.6 Å². The molecule has 3 heteroatoms. The summed E-state index contributed by atoms with van der Waals surface area (Å²) in [4.78, 5) is 4.13. The summed E-state index contributed by atoms with van der Waals surface area (Å²) in [7, 11) is 1.67. The summed E-state index contributed by atoms with van der Waals surface area (Å²) in [6, 6.07) is 16.1. The van der Waals surface area contributed by atoms with Gasteiger partial charge in [-0.3, -0.25) is 0 Å². The predicted molar refractivity (Wildman–Crippen MR) is 78.1 cm³/mol. The third-order valence-electron chi connectivity index (χ3n) is 3.22. The number of ether oxygens (including phenoxy) is 1. The van der Waals surface area contributed by atoms with Crippen molar-refractivity contribution in [1.82, 2.24) is 4.98 Å². The van der Waals surface area contributed by atoms with Gasteiger partial charge in [-0.15, -0.1) is 0 Å². The number of nitrogen functional groups attached to an aromatic ring is 1. The van der Waals surface area contributed by atoms with E-state index < -0.39 is 0 Å². The molecule has 0 spiro atoms. The van der Waals surface area contributed by atoms with Crippen molar-refractivity contribution in [1.29, 1.82) is 0 Å². The quantitative estimate of drug-likeness (QED) is 0.757. The summed E-state index contributed by atoms with van der Waals surface area (Å²) in [5, 5.41) is 2.08. The smallest absolute Gasteiger partial charge is 0.131 e. The van der Waals surface area contributed by atoms with Crippen LogP contribution in [0.4, 0.5) is 5.82 Å². The number of benzene rings is 2. The SMILES string of the molecule is COc1cccc(-c2cccc3c(N)nccc23)c1. The fraction of sp³-hybridized carbons (Fsp3) is 0.0625. The number of hydrogen-bond acceptors (Lipinski definition) is 3. The van der Waals surface area contributed by atoms with Crippen LogP contribution < -0.4 is 10.5 Å². The van der Waals surface area contributed by atoms with Gasteiger partial charge in [0.25, 0.3) is 0 Å². The molecule has 0 unspecified atom stereocenters. The summed E-state index contributed by atoms with van der Waals surface area (Å²) in [6.07, 6.45) is 1.74. The molecule has 1 aromatic heterocycles. The van der Waals surface area contributed by atoms with E-state index in [4.69, 9.17) is 10.5 Å². The summed E-state index contributed by atoms with van der Waals surface area (Å²) >= 11 is 0. The normalized spacial score (nSPS) is 10.6. The van der Waals surface area contributed by atoms with E-state index in [0.29, 0.717) is 5.82 Å². The number of hydrogen-bond donors (Lipinski definition) is 1. The molecule has 0 aliphatic rings. The molecule has 0 saturated heterocycles. The van der Waals surface area contributed by atoms with Crippen LogP contribution in [0.2, 0.25) is 0 Å². The lowest BCUT2D eigenvalue weighted by atomic mass is 9.99. The fourth-order valence-electron chi connectivity index (χ4n) is 2.27. The molecule has 3 nitrogen and oxygen atoms in total. The Morgan fingerprint density at radius 2 is 1.84 bits per heavy atom. The Labute approximate surface area is 111 Å². The molecule has 3 rings (SSSR count). The van der Waals surface area contributed by atoms with Gasteiger partial charge < -0.3 is 10.5 Å². The van der Waals surface area contributed by atoms with Crippen LogP contribution >= 0.6 is 0 Å². The Balaban J connectivity index is 2.27. The van der Waals surface area contributed by atoms with Crippen LogP contribution in [-0.2, 0) is 0 Å². The zero-order valence-electron chi connectivity index (χ0n) is 10.6. The number of fused-ring (bicyclic) bond motifs is 1. The molecule has 0 saturated carbocycles. The van der Waals surface area contributed by atoms with Crippen LogP contribution in [0, 0.1) is 0 Å². The van der Waals surface area contributed by atoms with Crippen molar-refractivity contribution in [3.8, 4) is 16.9 Å². The molecule has 2 N–H and O–H groups in total. The van der Waals surface area contributed by atoms with E-state index in [-0.39, 0.29) is 0 Å². The average molecular weight is 250 g/mol. The van der Waals surface area contributed by atoms with Crippen LogP contribution in [0.5, 0.6) is 5.75 Å². The Hall–Kier alpha value is -2.55. The van der Waals surface area contributed by atoms with Crippen LogP contribution in [0.25, 0.3) is 21.9 Å². The molecule has 0 aliphatic carbocycles. The number of pyridine rings is 1. The van der Waals surface area contributed by atoms with Gasteiger partial charge in [-0.05, 0) is 34.7 Å². The standard InChI is InChI=1S/C16H14N2O/c1-19-12-5-2-4-11(10-12)13-6-3-7-15-14(13)8-9-18-16(15)17/h2-10H,1H3,(H2,17,18). The minimum Gasteiger partial charge on any atom is -0.497 e. The van der Waals surface area contributed by atoms with E-state index in [1.54, 1.807) is 13.3 Å². The average Bonchev–Trinajstić information content (AvgIpc) is 2.47. The molecule has 0 atom stereocenters. The first-order valence-electron chi connectivity index (χ1n) is 6.07. The van der Waals surface area contributed by atoms with Gasteiger partial charge in [0, 0.05) is 11.6 Å². The largest absolute Gasteiger partial charge is 0.497 e. The van der Waals surface area contributed by atoms with Crippen LogP contribution in [-0.4, -0.2) is 12.1 Å². The second-order valence-corrected chi connectivity index (χ2v) is 4.33. The van der Waals surface area contributed by atoms with Gasteiger partial charge >= 0.3 is 0 Å². The van der Waals surface area contributed by atoms with E-state index in [0.717, 1.165) is 27.6 Å². The highest BCUT2D eigenvalue weighted by Gasteiger charge is 2.06. The van der Waals surface area contributed by atoms with Gasteiger partial charge in [-0.25, -0.2) is 4.98 Å². The lowest BCUT2D eigenvalue weighted by Gasteiger charge is -2.09. The molecular formula is C16H14N2O. The lowest BCUT2D eigenvalue weighted by Crippen LogP contribution is -1.92. The second kappa shape index (κ2) is 4.61. The Kier molecular flexibility index (Phi) is 2.80. The van der Waals surface area contributed by atoms with Crippen LogP contribution in [0.15, 0.2) is 54.7 Å². The summed E-state index contributed by atoms with van der Waals surface area (Å²) < 4.78 is 5.28. The van der Waals surface area contributed by atoms with Crippen molar-refractivity contribution in [2.45, 2.75) is 0 Å². The van der Waals surface area contributed by atoms with Gasteiger partial charge in [0.2, 0.25) is 0 Å². The minimum atomic E-state index is 0.558. The maximum atomic E-state index is 5.92. The molecule has 0 aliphatic heterocycles. The Bertz CT molecular complexity index is 738. The van der Waals surface area contributed by atoms with Crippen molar-refractivity contribution >= 4 is 16.6 Å². The molecule has 3 aromatic rings. The van der Waals surface area contributed by atoms with Crippen molar-refractivity contribution < 1.29 is 4.74 Å². The molecule has 94 valence electrons. The highest BCUT2D eigenvalue weighted by molar-refractivity contribution is 6.01. The highest BCUT2D eigenvalue weighted by Crippen LogP contribution is 2.31. The molecular weight excluding hydrogens is 236 g/mol. The first kappa shape index (κ1) is 11.5. The number of anilines is 1. The van der Waals surface area contributed by atoms with Gasteiger partial charge in [0.05, 0.1) is 7.11 Å². The van der Waals surface area contributed by atoms with Gasteiger partial charge in [-0.1, -0.05) is 30.3 Å². The van der Waals surface area contributed by atoms with Crippen molar-refractivity contribution in [2.75, 3.05) is 12.8 Å². The van der Waals surface area contributed by atoms with E-state index in [9.17, 15) is 0 Å². The second-order valence-electron chi connectivity index (χ2n) is 4.33. The monoisotopic (exact) mass is 250 g/mol. The first-order valence-corrected chi connectivity index (χ1v) is 6.07. The number of methoxy groups -OCH3 is 1. The van der Waals surface area contributed by atoms with Gasteiger partial charge in [-0.2, -0.15) is 0 Å². The van der Waals surface area contributed by atoms with Crippen LogP contribution in [0.1, 0.15) is 0 Å². The molecule has 1 heterocycles. The van der Waals surface area contributed by atoms with Crippen molar-refractivity contribution in [2.24, 2.45) is 0 Å². The molecule has 2 aromatic carbocycles. The zero-order valence-corrected chi connectivity index (χ0v) is 10.6. The topological polar surface area (TPSA) is 48.1 Å². The first-order chi connectivity index (χ1) is 9.29. The number of nitrogens with two attached hydrogens (primary N) is 1. The fourth-order valence-corrected chi connectivity index (χ4v) is 2.27. The number of nitrogens with zero attached hydrogens (tertiary/aromatic N) is 1. The lowest BCUT2D eigenvalue weighted by molar-refractivity contribution is 0.415. The molecule has 0 amide bonds. The van der Waals surface area contributed by atoms with E-state index in [1.807, 2.05) is 36.4 Å². The van der Waals surface area contributed by atoms with E-state index >= 15 is 0 Å². The summed E-state index contributed by atoms with van der Waals surface area (Å²) in [5.41, 5.74) is 8.16. The molecule has 0 fully saturated rings. The van der Waals surface area contributed by atoms with Gasteiger partial charge in [0.15, 0.2) is 0 Å². The van der Waals surface area contributed by atoms with E-state index in [1.165, 1.54) is 0 Å². The summed E-state index contributed by atoms with van der Waals surface area (Å²) in [5.74, 6) is 1.40. The molecule has 0 radical (unpaired) electrons. The van der Waals surface area contributed by atoms with Crippen molar-refractivity contribution in [3.63, 3.8) is 0 Å². The minimum absolute atomic E-state index is 0.558. The maximum Gasteiger partial charge on any atom is 0.131 e. The molecule has 19 heavy (non-hydrogen) atoms. The Morgan fingerprint density at radius 1 is 1.00 bits per heavy atom.